The molecule has 0 unspecified atom stereocenters. The standard InChI is InChI=1S/C11H12N2O2/c12-11(15)6-7-5-10(14)8-3-1-2-4-9(8)13-7/h1-4,7,13H,5-6H2,(H2,12,15)/t7-/m0/s1. The lowest BCUT2D eigenvalue weighted by Gasteiger charge is -2.24. The van der Waals surface area contributed by atoms with Crippen LogP contribution in [0.1, 0.15) is 23.2 Å². The second-order valence-electron chi connectivity index (χ2n) is 3.68. The summed E-state index contributed by atoms with van der Waals surface area (Å²) < 4.78 is 0. The first-order chi connectivity index (χ1) is 7.16. The monoisotopic (exact) mass is 204 g/mol. The molecule has 0 bridgehead atoms. The highest BCUT2D eigenvalue weighted by Gasteiger charge is 2.24. The number of fused-ring (bicyclic) bond motifs is 1. The van der Waals surface area contributed by atoms with Crippen LogP contribution < -0.4 is 11.1 Å². The molecule has 0 radical (unpaired) electrons. The van der Waals surface area contributed by atoms with Crippen LogP contribution in [0, 0.1) is 0 Å². The zero-order chi connectivity index (χ0) is 10.8. The van der Waals surface area contributed by atoms with E-state index in [0.717, 1.165) is 5.69 Å². The van der Waals surface area contributed by atoms with Crippen LogP contribution in [0.4, 0.5) is 5.69 Å². The third-order valence-corrected chi connectivity index (χ3v) is 2.47. The van der Waals surface area contributed by atoms with Crippen LogP contribution in [-0.4, -0.2) is 17.7 Å². The average Bonchev–Trinajstić information content (AvgIpc) is 2.16. The van der Waals surface area contributed by atoms with Gasteiger partial charge in [0.05, 0.1) is 0 Å². The zero-order valence-electron chi connectivity index (χ0n) is 8.19. The highest BCUT2D eigenvalue weighted by atomic mass is 16.1. The molecule has 0 saturated heterocycles. The summed E-state index contributed by atoms with van der Waals surface area (Å²) in [4.78, 5) is 22.4. The molecule has 0 aliphatic carbocycles. The summed E-state index contributed by atoms with van der Waals surface area (Å²) in [5.74, 6) is -0.324. The lowest BCUT2D eigenvalue weighted by molar-refractivity contribution is -0.118. The summed E-state index contributed by atoms with van der Waals surface area (Å²) in [5, 5.41) is 3.14. The molecule has 0 spiro atoms. The zero-order valence-corrected chi connectivity index (χ0v) is 8.19. The molecule has 3 N–H and O–H groups in total. The number of para-hydroxylation sites is 1. The number of ketones is 1. The van der Waals surface area contributed by atoms with Gasteiger partial charge >= 0.3 is 0 Å². The molecule has 1 heterocycles. The third kappa shape index (κ3) is 1.98. The van der Waals surface area contributed by atoms with Crippen molar-refractivity contribution in [2.75, 3.05) is 5.32 Å². The highest BCUT2D eigenvalue weighted by Crippen LogP contribution is 2.25. The van der Waals surface area contributed by atoms with Gasteiger partial charge in [-0.3, -0.25) is 9.59 Å². The smallest absolute Gasteiger partial charge is 0.219 e. The van der Waals surface area contributed by atoms with Crippen molar-refractivity contribution in [2.24, 2.45) is 5.73 Å². The van der Waals surface area contributed by atoms with Crippen LogP contribution in [0.3, 0.4) is 0 Å². The van der Waals surface area contributed by atoms with Crippen molar-refractivity contribution in [3.05, 3.63) is 29.8 Å². The number of benzene rings is 1. The molecular weight excluding hydrogens is 192 g/mol. The lowest BCUT2D eigenvalue weighted by atomic mass is 9.95. The molecule has 2 rings (SSSR count). The van der Waals surface area contributed by atoms with E-state index in [-0.39, 0.29) is 24.2 Å². The number of rotatable bonds is 2. The van der Waals surface area contributed by atoms with E-state index in [0.29, 0.717) is 12.0 Å². The average molecular weight is 204 g/mol. The van der Waals surface area contributed by atoms with E-state index in [4.69, 9.17) is 5.73 Å². The van der Waals surface area contributed by atoms with Crippen LogP contribution in [0.25, 0.3) is 0 Å². The number of nitrogens with two attached hydrogens (primary N) is 1. The first-order valence-electron chi connectivity index (χ1n) is 4.84. The van der Waals surface area contributed by atoms with E-state index in [1.807, 2.05) is 18.2 Å². The van der Waals surface area contributed by atoms with Crippen molar-refractivity contribution in [3.8, 4) is 0 Å². The Balaban J connectivity index is 2.23. The fraction of sp³-hybridized carbons (Fsp3) is 0.273. The minimum absolute atomic E-state index is 0.0654. The van der Waals surface area contributed by atoms with Gasteiger partial charge in [0, 0.05) is 30.1 Å². The van der Waals surface area contributed by atoms with E-state index in [1.54, 1.807) is 6.07 Å². The maximum Gasteiger partial charge on any atom is 0.219 e. The van der Waals surface area contributed by atoms with Gasteiger partial charge in [0.2, 0.25) is 5.91 Å². The maximum atomic E-state index is 11.7. The van der Waals surface area contributed by atoms with Gasteiger partial charge < -0.3 is 11.1 Å². The molecule has 4 heteroatoms. The van der Waals surface area contributed by atoms with Crippen molar-refractivity contribution in [1.82, 2.24) is 0 Å². The Bertz CT molecular complexity index is 415. The second-order valence-corrected chi connectivity index (χ2v) is 3.68. The SMILES string of the molecule is NC(=O)C[C@@H]1CC(=O)c2ccccc2N1. The summed E-state index contributed by atoms with van der Waals surface area (Å²) in [6.45, 7) is 0. The summed E-state index contributed by atoms with van der Waals surface area (Å²) in [5.41, 5.74) is 6.58. The minimum atomic E-state index is -0.389. The molecule has 4 nitrogen and oxygen atoms in total. The van der Waals surface area contributed by atoms with E-state index < -0.39 is 0 Å². The first kappa shape index (κ1) is 9.71. The Morgan fingerprint density at radius 3 is 2.93 bits per heavy atom. The molecule has 1 aromatic rings. The molecule has 78 valence electrons. The topological polar surface area (TPSA) is 72.2 Å². The summed E-state index contributed by atoms with van der Waals surface area (Å²) in [7, 11) is 0. The number of anilines is 1. The molecular formula is C11H12N2O2. The lowest BCUT2D eigenvalue weighted by Crippen LogP contribution is -2.33. The number of primary amides is 1. The van der Waals surface area contributed by atoms with Gasteiger partial charge in [0.15, 0.2) is 5.78 Å². The van der Waals surface area contributed by atoms with Crippen LogP contribution in [0.5, 0.6) is 0 Å². The second kappa shape index (κ2) is 3.73. The van der Waals surface area contributed by atoms with Crippen LogP contribution >= 0.6 is 0 Å². The largest absolute Gasteiger partial charge is 0.381 e. The van der Waals surface area contributed by atoms with Gasteiger partial charge in [-0.25, -0.2) is 0 Å². The molecule has 1 aliphatic heterocycles. The number of amides is 1. The summed E-state index contributed by atoms with van der Waals surface area (Å²) in [6, 6.07) is 7.13. The number of hydrogen-bond acceptors (Lipinski definition) is 3. The first-order valence-corrected chi connectivity index (χ1v) is 4.84. The van der Waals surface area contributed by atoms with Crippen LogP contribution in [0.2, 0.25) is 0 Å². The van der Waals surface area contributed by atoms with E-state index >= 15 is 0 Å². The highest BCUT2D eigenvalue weighted by molar-refractivity contribution is 6.03. The fourth-order valence-corrected chi connectivity index (χ4v) is 1.82. The molecule has 1 aromatic carbocycles. The molecule has 0 aromatic heterocycles. The maximum absolute atomic E-state index is 11.7. The third-order valence-electron chi connectivity index (χ3n) is 2.47. The predicted octanol–water partition coefficient (Wildman–Crippen LogP) is 0.929. The number of Topliss-reactive ketones (excluding diaryl/α,β-unsaturated/α-hetero) is 1. The normalized spacial score (nSPS) is 19.2. The van der Waals surface area contributed by atoms with Gasteiger partial charge in [-0.15, -0.1) is 0 Å². The van der Waals surface area contributed by atoms with Crippen molar-refractivity contribution in [1.29, 1.82) is 0 Å². The van der Waals surface area contributed by atoms with Crippen molar-refractivity contribution in [3.63, 3.8) is 0 Å². The number of carbonyl (C=O) groups excluding carboxylic acids is 2. The van der Waals surface area contributed by atoms with Gasteiger partial charge in [-0.1, -0.05) is 12.1 Å². The quantitative estimate of drug-likeness (QED) is 0.752. The van der Waals surface area contributed by atoms with E-state index in [2.05, 4.69) is 5.32 Å². The Labute approximate surface area is 87.5 Å². The molecule has 15 heavy (non-hydrogen) atoms. The molecule has 1 aliphatic rings. The number of nitrogens with one attached hydrogen (secondary N) is 1. The van der Waals surface area contributed by atoms with Crippen molar-refractivity contribution < 1.29 is 9.59 Å². The van der Waals surface area contributed by atoms with Gasteiger partial charge in [0.25, 0.3) is 0 Å². The van der Waals surface area contributed by atoms with Crippen molar-refractivity contribution >= 4 is 17.4 Å². The molecule has 0 saturated carbocycles. The Morgan fingerprint density at radius 1 is 1.47 bits per heavy atom. The minimum Gasteiger partial charge on any atom is -0.381 e. The van der Waals surface area contributed by atoms with E-state index in [9.17, 15) is 9.59 Å². The van der Waals surface area contributed by atoms with Gasteiger partial charge in [0.1, 0.15) is 0 Å². The van der Waals surface area contributed by atoms with Crippen LogP contribution in [-0.2, 0) is 4.79 Å². The number of carbonyl (C=O) groups is 2. The Morgan fingerprint density at radius 2 is 2.20 bits per heavy atom. The molecule has 1 amide bonds. The Kier molecular flexibility index (Phi) is 2.41. The van der Waals surface area contributed by atoms with Crippen molar-refractivity contribution in [2.45, 2.75) is 18.9 Å². The molecule has 0 fully saturated rings. The fourth-order valence-electron chi connectivity index (χ4n) is 1.82. The predicted molar refractivity (Wildman–Crippen MR) is 56.6 cm³/mol. The van der Waals surface area contributed by atoms with Gasteiger partial charge in [-0.05, 0) is 12.1 Å². The summed E-state index contributed by atoms with van der Waals surface area (Å²) in [6.07, 6.45) is 0.528. The Hall–Kier alpha value is -1.84. The van der Waals surface area contributed by atoms with Crippen LogP contribution in [0.15, 0.2) is 24.3 Å². The molecule has 1 atom stereocenters. The summed E-state index contributed by atoms with van der Waals surface area (Å²) >= 11 is 0. The number of hydrogen-bond donors (Lipinski definition) is 2. The van der Waals surface area contributed by atoms with Gasteiger partial charge in [-0.2, -0.15) is 0 Å². The van der Waals surface area contributed by atoms with E-state index in [1.165, 1.54) is 0 Å².